The first-order valence-electron chi connectivity index (χ1n) is 9.80. The van der Waals surface area contributed by atoms with Crippen LogP contribution in [0.1, 0.15) is 12.5 Å². The maximum Gasteiger partial charge on any atom is 0.397 e. The van der Waals surface area contributed by atoms with Crippen LogP contribution in [0.15, 0.2) is 66.2 Å². The number of benzene rings is 2. The van der Waals surface area contributed by atoms with Gasteiger partial charge in [-0.15, -0.1) is 0 Å². The van der Waals surface area contributed by atoms with Gasteiger partial charge in [0, 0.05) is 22.7 Å². The second-order valence-electron chi connectivity index (χ2n) is 6.80. The Kier molecular flexibility index (Phi) is 5.89. The molecule has 4 aromatic rings. The number of thiophene rings is 1. The van der Waals surface area contributed by atoms with Crippen molar-refractivity contribution in [1.82, 2.24) is 4.57 Å². The highest BCUT2D eigenvalue weighted by Gasteiger charge is 2.35. The highest BCUT2D eigenvalue weighted by Crippen LogP contribution is 2.42. The molecule has 9 nitrogen and oxygen atoms in total. The number of carbonyl (C=O) groups is 2. The molecule has 164 valence electrons. The van der Waals surface area contributed by atoms with Crippen molar-refractivity contribution in [3.05, 3.63) is 81.9 Å². The minimum atomic E-state index is -1.18. The Hall–Kier alpha value is -4.49. The van der Waals surface area contributed by atoms with Crippen molar-refractivity contribution < 1.29 is 19.2 Å². The fourth-order valence-corrected chi connectivity index (χ4v) is 4.26. The molecule has 33 heavy (non-hydrogen) atoms. The van der Waals surface area contributed by atoms with E-state index in [0.717, 1.165) is 16.0 Å². The van der Waals surface area contributed by atoms with Gasteiger partial charge in [0.25, 0.3) is 0 Å². The second-order valence-corrected chi connectivity index (χ2v) is 7.66. The Morgan fingerprint density at radius 2 is 1.97 bits per heavy atom. The van der Waals surface area contributed by atoms with Crippen molar-refractivity contribution in [2.45, 2.75) is 6.92 Å². The van der Waals surface area contributed by atoms with E-state index >= 15 is 0 Å². The molecule has 0 spiro atoms. The van der Waals surface area contributed by atoms with Crippen LogP contribution in [-0.4, -0.2) is 28.0 Å². The number of rotatable bonds is 5. The topological polar surface area (TPSA) is 118 Å². The first-order chi connectivity index (χ1) is 16.0. The van der Waals surface area contributed by atoms with Gasteiger partial charge in [0.1, 0.15) is 6.07 Å². The maximum atomic E-state index is 13.1. The lowest BCUT2D eigenvalue weighted by Gasteiger charge is -2.21. The molecule has 0 unspecified atom stereocenters. The summed E-state index contributed by atoms with van der Waals surface area (Å²) in [4.78, 5) is 37.4. The SMILES string of the molecule is CCOC(=O)C(=O)N(c1ccc2ccn(-c3ccccc3)c2c1)c1c(C#N)csc1[N+](=O)[O-]. The number of fused-ring (bicyclic) bond motifs is 1. The molecule has 0 aliphatic heterocycles. The lowest BCUT2D eigenvalue weighted by molar-refractivity contribution is -0.379. The number of amides is 1. The molecule has 0 radical (unpaired) electrons. The number of anilines is 2. The molecular weight excluding hydrogens is 444 g/mol. The average Bonchev–Trinajstić information content (AvgIpc) is 3.44. The van der Waals surface area contributed by atoms with Gasteiger partial charge in [0.2, 0.25) is 0 Å². The zero-order valence-corrected chi connectivity index (χ0v) is 18.1. The number of esters is 1. The summed E-state index contributed by atoms with van der Waals surface area (Å²) in [5.74, 6) is -2.31. The third-order valence-electron chi connectivity index (χ3n) is 4.88. The molecule has 0 saturated carbocycles. The van der Waals surface area contributed by atoms with Crippen LogP contribution in [0, 0.1) is 21.4 Å². The molecular formula is C23H16N4O5S. The number of nitrogens with zero attached hydrogens (tertiary/aromatic N) is 4. The van der Waals surface area contributed by atoms with E-state index in [1.165, 1.54) is 5.38 Å². The summed E-state index contributed by atoms with van der Waals surface area (Å²) in [5.41, 5.74) is 1.41. The zero-order valence-electron chi connectivity index (χ0n) is 17.3. The van der Waals surface area contributed by atoms with E-state index in [9.17, 15) is 25.0 Å². The number of carbonyl (C=O) groups excluding carboxylic acids is 2. The molecule has 2 heterocycles. The van der Waals surface area contributed by atoms with Crippen molar-refractivity contribution in [3.63, 3.8) is 0 Å². The quantitative estimate of drug-likeness (QED) is 0.184. The lowest BCUT2D eigenvalue weighted by atomic mass is 10.1. The van der Waals surface area contributed by atoms with Crippen molar-refractivity contribution >= 4 is 50.5 Å². The molecule has 0 aliphatic rings. The Bertz CT molecular complexity index is 1420. The molecule has 0 bridgehead atoms. The summed E-state index contributed by atoms with van der Waals surface area (Å²) in [6.45, 7) is 1.49. The molecule has 0 aliphatic carbocycles. The highest BCUT2D eigenvalue weighted by atomic mass is 32.1. The van der Waals surface area contributed by atoms with Gasteiger partial charge in [0.05, 0.1) is 28.3 Å². The highest BCUT2D eigenvalue weighted by molar-refractivity contribution is 7.14. The maximum absolute atomic E-state index is 13.1. The van der Waals surface area contributed by atoms with E-state index < -0.39 is 21.8 Å². The van der Waals surface area contributed by atoms with Gasteiger partial charge >= 0.3 is 16.9 Å². The van der Waals surface area contributed by atoms with Crippen LogP contribution in [0.5, 0.6) is 0 Å². The Labute approximate surface area is 191 Å². The van der Waals surface area contributed by atoms with Gasteiger partial charge in [-0.3, -0.25) is 19.8 Å². The molecule has 2 aromatic carbocycles. The molecule has 1 amide bonds. The van der Waals surface area contributed by atoms with Gasteiger partial charge < -0.3 is 9.30 Å². The Morgan fingerprint density at radius 3 is 2.64 bits per heavy atom. The summed E-state index contributed by atoms with van der Waals surface area (Å²) in [5, 5.41) is 22.9. The number of hydrogen-bond acceptors (Lipinski definition) is 7. The summed E-state index contributed by atoms with van der Waals surface area (Å²) in [6, 6.07) is 18.2. The van der Waals surface area contributed by atoms with Gasteiger partial charge in [-0.25, -0.2) is 4.79 Å². The van der Waals surface area contributed by atoms with Crippen LogP contribution >= 0.6 is 11.3 Å². The van der Waals surface area contributed by atoms with Gasteiger partial charge in [-0.2, -0.15) is 5.26 Å². The van der Waals surface area contributed by atoms with Crippen molar-refractivity contribution in [3.8, 4) is 11.8 Å². The van der Waals surface area contributed by atoms with Gasteiger partial charge in [-0.1, -0.05) is 35.6 Å². The molecule has 4 rings (SSSR count). The fraction of sp³-hybridized carbons (Fsp3) is 0.0870. The number of hydrogen-bond donors (Lipinski definition) is 0. The van der Waals surface area contributed by atoms with Crippen LogP contribution in [0.2, 0.25) is 0 Å². The third-order valence-corrected chi connectivity index (χ3v) is 5.80. The smallest absolute Gasteiger partial charge is 0.397 e. The van der Waals surface area contributed by atoms with Gasteiger partial charge in [-0.05, 0) is 37.3 Å². The molecule has 0 N–H and O–H groups in total. The fourth-order valence-electron chi connectivity index (χ4n) is 3.47. The summed E-state index contributed by atoms with van der Waals surface area (Å²) < 4.78 is 6.75. The minimum absolute atomic E-state index is 0.0505. The molecule has 10 heteroatoms. The number of aromatic nitrogens is 1. The summed E-state index contributed by atoms with van der Waals surface area (Å²) in [7, 11) is 0. The molecule has 0 atom stereocenters. The first-order valence-corrected chi connectivity index (χ1v) is 10.7. The van der Waals surface area contributed by atoms with E-state index in [-0.39, 0.29) is 23.5 Å². The number of ether oxygens (including phenoxy) is 1. The second kappa shape index (κ2) is 8.94. The van der Waals surface area contributed by atoms with E-state index in [2.05, 4.69) is 0 Å². The van der Waals surface area contributed by atoms with E-state index in [0.29, 0.717) is 16.9 Å². The Morgan fingerprint density at radius 1 is 1.21 bits per heavy atom. The summed E-state index contributed by atoms with van der Waals surface area (Å²) >= 11 is 0.707. The molecule has 2 aromatic heterocycles. The van der Waals surface area contributed by atoms with Crippen LogP contribution in [0.4, 0.5) is 16.4 Å². The zero-order chi connectivity index (χ0) is 23.5. The van der Waals surface area contributed by atoms with Crippen molar-refractivity contribution in [2.75, 3.05) is 11.5 Å². The monoisotopic (exact) mass is 460 g/mol. The normalized spacial score (nSPS) is 10.5. The van der Waals surface area contributed by atoms with E-state index in [1.807, 2.05) is 53.2 Å². The van der Waals surface area contributed by atoms with Crippen LogP contribution in [-0.2, 0) is 14.3 Å². The standard InChI is InChI=1S/C23H16N4O5S/c1-2-32-23(29)21(28)26(20-16(13-24)14-33-22(20)27(30)31)18-9-8-15-10-11-25(19(15)12-18)17-6-4-3-5-7-17/h3-12,14H,2H2,1H3. The van der Waals surface area contributed by atoms with Crippen molar-refractivity contribution in [2.24, 2.45) is 0 Å². The van der Waals surface area contributed by atoms with Crippen LogP contribution in [0.25, 0.3) is 16.6 Å². The van der Waals surface area contributed by atoms with Crippen molar-refractivity contribution in [1.29, 1.82) is 5.26 Å². The summed E-state index contributed by atoms with van der Waals surface area (Å²) in [6.07, 6.45) is 1.86. The van der Waals surface area contributed by atoms with Gasteiger partial charge in [0.15, 0.2) is 5.69 Å². The Balaban J connectivity index is 1.95. The van der Waals surface area contributed by atoms with Crippen LogP contribution < -0.4 is 4.90 Å². The number of para-hydroxylation sites is 1. The lowest BCUT2D eigenvalue weighted by Crippen LogP contribution is -2.34. The average molecular weight is 460 g/mol. The largest absolute Gasteiger partial charge is 0.459 e. The molecule has 0 saturated heterocycles. The number of nitriles is 1. The third kappa shape index (κ3) is 3.93. The predicted molar refractivity (Wildman–Crippen MR) is 123 cm³/mol. The minimum Gasteiger partial charge on any atom is -0.459 e. The molecule has 0 fully saturated rings. The first kappa shape index (κ1) is 21.7. The predicted octanol–water partition coefficient (Wildman–Crippen LogP) is 4.70. The number of nitro groups is 1. The van der Waals surface area contributed by atoms with Crippen LogP contribution in [0.3, 0.4) is 0 Å². The van der Waals surface area contributed by atoms with E-state index in [4.69, 9.17) is 4.74 Å². The van der Waals surface area contributed by atoms with E-state index in [1.54, 1.807) is 25.1 Å².